The highest BCUT2D eigenvalue weighted by atomic mass is 16.5. The lowest BCUT2D eigenvalue weighted by atomic mass is 10.1. The maximum atomic E-state index is 5.64. The Kier molecular flexibility index (Phi) is 26.8. The molecule has 0 radical (unpaired) electrons. The molecular weight excluding hydrogens is 348 g/mol. The number of ether oxygens (including phenoxy) is 3. The second-order valence-electron chi connectivity index (χ2n) is 8.14. The summed E-state index contributed by atoms with van der Waals surface area (Å²) in [6, 6.07) is 0. The molecule has 0 aromatic carbocycles. The third-order valence-electron chi connectivity index (χ3n) is 5.28. The molecule has 0 heterocycles. The summed E-state index contributed by atoms with van der Waals surface area (Å²) in [6.07, 6.45) is 23.1. The summed E-state index contributed by atoms with van der Waals surface area (Å²) in [7, 11) is 0. The van der Waals surface area contributed by atoms with Crippen LogP contribution in [0, 0.1) is 0 Å². The normalized spacial score (nSPS) is 11.4. The summed E-state index contributed by atoms with van der Waals surface area (Å²) in [5, 5.41) is 0. The standard InChI is InChI=1S/C25H52O3/c1-3-5-7-9-11-12-13-14-15-17-19-21-27-23-25-28-24-22-26-20-18-16-10-8-6-4-2/h3-25H2,1-2H3. The van der Waals surface area contributed by atoms with E-state index in [0.717, 1.165) is 19.8 Å². The summed E-state index contributed by atoms with van der Waals surface area (Å²) < 4.78 is 16.8. The second kappa shape index (κ2) is 26.9. The zero-order valence-corrected chi connectivity index (χ0v) is 19.5. The number of rotatable bonds is 25. The van der Waals surface area contributed by atoms with Gasteiger partial charge in [-0.2, -0.15) is 0 Å². The van der Waals surface area contributed by atoms with Crippen molar-refractivity contribution in [1.29, 1.82) is 0 Å². The van der Waals surface area contributed by atoms with Crippen LogP contribution in [0.2, 0.25) is 0 Å². The number of hydrogen-bond donors (Lipinski definition) is 0. The fourth-order valence-corrected chi connectivity index (χ4v) is 3.39. The molecule has 0 atom stereocenters. The van der Waals surface area contributed by atoms with E-state index in [0.29, 0.717) is 19.8 Å². The first-order valence-corrected chi connectivity index (χ1v) is 12.6. The second-order valence-corrected chi connectivity index (χ2v) is 8.14. The molecule has 0 aliphatic heterocycles. The van der Waals surface area contributed by atoms with E-state index in [9.17, 15) is 0 Å². The zero-order chi connectivity index (χ0) is 20.4. The van der Waals surface area contributed by atoms with Crippen molar-refractivity contribution in [3.63, 3.8) is 0 Å². The highest BCUT2D eigenvalue weighted by Gasteiger charge is 1.95. The lowest BCUT2D eigenvalue weighted by molar-refractivity contribution is 0.0132. The average molecular weight is 401 g/mol. The summed E-state index contributed by atoms with van der Waals surface area (Å²) in [4.78, 5) is 0. The van der Waals surface area contributed by atoms with Crippen LogP contribution in [0.3, 0.4) is 0 Å². The highest BCUT2D eigenvalue weighted by Crippen LogP contribution is 2.11. The summed E-state index contributed by atoms with van der Waals surface area (Å²) in [5.74, 6) is 0. The molecule has 0 rings (SSSR count). The molecule has 0 aromatic rings. The van der Waals surface area contributed by atoms with E-state index in [1.54, 1.807) is 0 Å². The van der Waals surface area contributed by atoms with E-state index in [1.807, 2.05) is 0 Å². The first-order chi connectivity index (χ1) is 13.9. The molecule has 0 aliphatic carbocycles. The SMILES string of the molecule is CCCCCCCCCCCCCOCCOCCOCCCCCCCC. The average Bonchev–Trinajstić information content (AvgIpc) is 2.71. The minimum atomic E-state index is 0.692. The monoisotopic (exact) mass is 400 g/mol. The van der Waals surface area contributed by atoms with Gasteiger partial charge in [-0.25, -0.2) is 0 Å². The van der Waals surface area contributed by atoms with Gasteiger partial charge < -0.3 is 14.2 Å². The van der Waals surface area contributed by atoms with E-state index in [4.69, 9.17) is 14.2 Å². The zero-order valence-electron chi connectivity index (χ0n) is 19.5. The lowest BCUT2D eigenvalue weighted by Crippen LogP contribution is -2.10. The Hall–Kier alpha value is -0.120. The molecule has 3 nitrogen and oxygen atoms in total. The first-order valence-electron chi connectivity index (χ1n) is 12.6. The van der Waals surface area contributed by atoms with Crippen LogP contribution in [-0.4, -0.2) is 39.6 Å². The van der Waals surface area contributed by atoms with Crippen LogP contribution < -0.4 is 0 Å². The van der Waals surface area contributed by atoms with Crippen molar-refractivity contribution in [2.75, 3.05) is 39.6 Å². The van der Waals surface area contributed by atoms with Gasteiger partial charge in [0, 0.05) is 13.2 Å². The maximum absolute atomic E-state index is 5.64. The first kappa shape index (κ1) is 27.9. The summed E-state index contributed by atoms with van der Waals surface area (Å²) in [5.41, 5.74) is 0. The van der Waals surface area contributed by atoms with Crippen molar-refractivity contribution in [3.8, 4) is 0 Å². The van der Waals surface area contributed by atoms with Crippen LogP contribution in [0.5, 0.6) is 0 Å². The Labute approximate surface area is 177 Å². The van der Waals surface area contributed by atoms with E-state index >= 15 is 0 Å². The van der Waals surface area contributed by atoms with Gasteiger partial charge in [0.2, 0.25) is 0 Å². The minimum Gasteiger partial charge on any atom is -0.379 e. The van der Waals surface area contributed by atoms with Crippen molar-refractivity contribution in [1.82, 2.24) is 0 Å². The third-order valence-corrected chi connectivity index (χ3v) is 5.28. The topological polar surface area (TPSA) is 27.7 Å². The summed E-state index contributed by atoms with van der Waals surface area (Å²) >= 11 is 0. The fourth-order valence-electron chi connectivity index (χ4n) is 3.39. The molecule has 0 unspecified atom stereocenters. The van der Waals surface area contributed by atoms with Crippen molar-refractivity contribution in [3.05, 3.63) is 0 Å². The third kappa shape index (κ3) is 25.9. The quantitative estimate of drug-likeness (QED) is 0.147. The Morgan fingerprint density at radius 2 is 0.536 bits per heavy atom. The van der Waals surface area contributed by atoms with Crippen LogP contribution in [0.15, 0.2) is 0 Å². The molecule has 0 aromatic heterocycles. The predicted molar refractivity (Wildman–Crippen MR) is 122 cm³/mol. The summed E-state index contributed by atoms with van der Waals surface area (Å²) in [6.45, 7) is 9.12. The Morgan fingerprint density at radius 3 is 0.857 bits per heavy atom. The molecule has 0 aliphatic rings. The van der Waals surface area contributed by atoms with Gasteiger partial charge in [-0.1, -0.05) is 110 Å². The van der Waals surface area contributed by atoms with E-state index in [-0.39, 0.29) is 0 Å². The van der Waals surface area contributed by atoms with Crippen molar-refractivity contribution < 1.29 is 14.2 Å². The molecule has 0 fully saturated rings. The van der Waals surface area contributed by atoms with Gasteiger partial charge in [0.25, 0.3) is 0 Å². The molecule has 0 bridgehead atoms. The van der Waals surface area contributed by atoms with Crippen molar-refractivity contribution in [2.45, 2.75) is 123 Å². The highest BCUT2D eigenvalue weighted by molar-refractivity contribution is 4.48. The van der Waals surface area contributed by atoms with Gasteiger partial charge in [0.1, 0.15) is 0 Å². The van der Waals surface area contributed by atoms with Crippen LogP contribution in [-0.2, 0) is 14.2 Å². The largest absolute Gasteiger partial charge is 0.379 e. The van der Waals surface area contributed by atoms with E-state index in [1.165, 1.54) is 109 Å². The molecule has 0 amide bonds. The molecule has 3 heteroatoms. The van der Waals surface area contributed by atoms with Crippen molar-refractivity contribution in [2.24, 2.45) is 0 Å². The van der Waals surface area contributed by atoms with Crippen LogP contribution in [0.25, 0.3) is 0 Å². The van der Waals surface area contributed by atoms with Crippen LogP contribution in [0.4, 0.5) is 0 Å². The van der Waals surface area contributed by atoms with Gasteiger partial charge in [0.15, 0.2) is 0 Å². The van der Waals surface area contributed by atoms with Crippen LogP contribution in [0.1, 0.15) is 123 Å². The molecular formula is C25H52O3. The van der Waals surface area contributed by atoms with Gasteiger partial charge in [-0.05, 0) is 12.8 Å². The molecule has 28 heavy (non-hydrogen) atoms. The molecule has 170 valence electrons. The van der Waals surface area contributed by atoms with Crippen LogP contribution >= 0.6 is 0 Å². The fraction of sp³-hybridized carbons (Fsp3) is 1.00. The van der Waals surface area contributed by atoms with Crippen molar-refractivity contribution >= 4 is 0 Å². The van der Waals surface area contributed by atoms with Gasteiger partial charge in [-0.3, -0.25) is 0 Å². The molecule has 0 N–H and O–H groups in total. The number of hydrogen-bond acceptors (Lipinski definition) is 3. The van der Waals surface area contributed by atoms with Gasteiger partial charge in [-0.15, -0.1) is 0 Å². The molecule has 0 saturated carbocycles. The maximum Gasteiger partial charge on any atom is 0.0701 e. The van der Waals surface area contributed by atoms with E-state index < -0.39 is 0 Å². The minimum absolute atomic E-state index is 0.692. The Balaban J connectivity index is 2.96. The lowest BCUT2D eigenvalue weighted by Gasteiger charge is -2.07. The predicted octanol–water partition coefficient (Wildman–Crippen LogP) is 7.71. The molecule has 0 spiro atoms. The van der Waals surface area contributed by atoms with Gasteiger partial charge >= 0.3 is 0 Å². The Morgan fingerprint density at radius 1 is 0.286 bits per heavy atom. The smallest absolute Gasteiger partial charge is 0.0701 e. The Bertz CT molecular complexity index is 232. The number of unbranched alkanes of at least 4 members (excludes halogenated alkanes) is 15. The van der Waals surface area contributed by atoms with Gasteiger partial charge in [0.05, 0.1) is 26.4 Å². The van der Waals surface area contributed by atoms with E-state index in [2.05, 4.69) is 13.8 Å². The molecule has 0 saturated heterocycles.